The van der Waals surface area contributed by atoms with Crippen LogP contribution in [0.3, 0.4) is 0 Å². The van der Waals surface area contributed by atoms with Gasteiger partial charge in [-0.2, -0.15) is 0 Å². The Bertz CT molecular complexity index is 705. The van der Waals surface area contributed by atoms with Crippen molar-refractivity contribution in [1.29, 1.82) is 0 Å². The van der Waals surface area contributed by atoms with Crippen LogP contribution in [-0.4, -0.2) is 59.4 Å². The zero-order valence-corrected chi connectivity index (χ0v) is 14.9. The first-order chi connectivity index (χ1) is 11.9. The van der Waals surface area contributed by atoms with E-state index in [-0.39, 0.29) is 29.9 Å². The van der Waals surface area contributed by atoms with Crippen molar-refractivity contribution >= 4 is 17.7 Å². The van der Waals surface area contributed by atoms with Gasteiger partial charge in [0.2, 0.25) is 0 Å². The average Bonchev–Trinajstić information content (AvgIpc) is 2.82. The molecule has 2 atom stereocenters. The van der Waals surface area contributed by atoms with Crippen LogP contribution in [-0.2, 0) is 4.74 Å². The predicted octanol–water partition coefficient (Wildman–Crippen LogP) is 2.33. The average molecular weight is 344 g/mol. The molecule has 6 heteroatoms. The number of imide groups is 1. The molecule has 2 unspecified atom stereocenters. The van der Waals surface area contributed by atoms with Crippen LogP contribution >= 0.6 is 0 Å². The van der Waals surface area contributed by atoms with E-state index < -0.39 is 0 Å². The molecule has 6 nitrogen and oxygen atoms in total. The Labute approximate surface area is 147 Å². The number of morpholine rings is 1. The van der Waals surface area contributed by atoms with Crippen LogP contribution in [0.4, 0.5) is 0 Å². The third kappa shape index (κ3) is 3.31. The van der Waals surface area contributed by atoms with Crippen LogP contribution < -0.4 is 0 Å². The summed E-state index contributed by atoms with van der Waals surface area (Å²) in [7, 11) is 0. The fraction of sp³-hybridized carbons (Fsp3) is 0.526. The predicted molar refractivity (Wildman–Crippen MR) is 92.6 cm³/mol. The van der Waals surface area contributed by atoms with Gasteiger partial charge < -0.3 is 9.64 Å². The molecule has 2 aliphatic heterocycles. The van der Waals surface area contributed by atoms with Crippen molar-refractivity contribution in [2.45, 2.75) is 45.8 Å². The van der Waals surface area contributed by atoms with Crippen molar-refractivity contribution in [2.75, 3.05) is 19.6 Å². The summed E-state index contributed by atoms with van der Waals surface area (Å²) >= 11 is 0. The first-order valence-electron chi connectivity index (χ1n) is 8.87. The Morgan fingerprint density at radius 2 is 1.76 bits per heavy atom. The minimum Gasteiger partial charge on any atom is -0.372 e. The van der Waals surface area contributed by atoms with Gasteiger partial charge in [-0.25, -0.2) is 0 Å². The maximum absolute atomic E-state index is 12.8. The monoisotopic (exact) mass is 344 g/mol. The maximum atomic E-state index is 12.8. The first kappa shape index (κ1) is 17.6. The molecule has 0 aromatic heterocycles. The van der Waals surface area contributed by atoms with Crippen molar-refractivity contribution in [2.24, 2.45) is 0 Å². The van der Waals surface area contributed by atoms with Gasteiger partial charge in [0.15, 0.2) is 0 Å². The quantitative estimate of drug-likeness (QED) is 0.786. The summed E-state index contributed by atoms with van der Waals surface area (Å²) in [5.41, 5.74) is 1.17. The molecule has 1 aromatic carbocycles. The Morgan fingerprint density at radius 1 is 1.12 bits per heavy atom. The minimum absolute atomic E-state index is 0.0186. The van der Waals surface area contributed by atoms with Crippen LogP contribution in [0.2, 0.25) is 0 Å². The molecule has 134 valence electrons. The molecule has 2 aliphatic rings. The molecule has 0 aliphatic carbocycles. The molecule has 2 heterocycles. The van der Waals surface area contributed by atoms with E-state index in [9.17, 15) is 14.4 Å². The lowest BCUT2D eigenvalue weighted by molar-refractivity contribution is -0.0586. The van der Waals surface area contributed by atoms with Gasteiger partial charge in [0.05, 0.1) is 23.3 Å². The normalized spacial score (nSPS) is 23.2. The number of benzene rings is 1. The number of amides is 3. The molecule has 3 amide bonds. The van der Waals surface area contributed by atoms with Gasteiger partial charge in [0, 0.05) is 25.2 Å². The highest BCUT2D eigenvalue weighted by atomic mass is 16.5. The van der Waals surface area contributed by atoms with Crippen molar-refractivity contribution in [3.05, 3.63) is 34.9 Å². The number of fused-ring (bicyclic) bond motifs is 1. The number of hydrogen-bond donors (Lipinski definition) is 0. The molecule has 1 saturated heterocycles. The molecule has 0 saturated carbocycles. The molecular weight excluding hydrogens is 320 g/mol. The summed E-state index contributed by atoms with van der Waals surface area (Å²) in [6, 6.07) is 4.80. The molecular formula is C19H24N2O4. The van der Waals surface area contributed by atoms with Crippen LogP contribution in [0.25, 0.3) is 0 Å². The van der Waals surface area contributed by atoms with Crippen LogP contribution in [0, 0.1) is 0 Å². The standard InChI is InChI=1S/C19H24N2O4/c1-4-5-8-21-18(23)15-7-6-14(9-16(15)19(21)24)17(22)20-10-12(2)25-13(3)11-20/h6-7,9,12-13H,4-5,8,10-11H2,1-3H3. The van der Waals surface area contributed by atoms with Crippen molar-refractivity contribution in [3.8, 4) is 0 Å². The third-order valence-corrected chi connectivity index (χ3v) is 4.66. The molecule has 0 N–H and O–H groups in total. The minimum atomic E-state index is -0.299. The Balaban J connectivity index is 1.83. The van der Waals surface area contributed by atoms with Gasteiger partial charge in [-0.15, -0.1) is 0 Å². The van der Waals surface area contributed by atoms with Crippen molar-refractivity contribution in [3.63, 3.8) is 0 Å². The highest BCUT2D eigenvalue weighted by Gasteiger charge is 2.36. The number of carbonyl (C=O) groups excluding carboxylic acids is 3. The summed E-state index contributed by atoms with van der Waals surface area (Å²) in [5, 5.41) is 0. The Kier molecular flexibility index (Phi) is 4.90. The number of carbonyl (C=O) groups is 3. The van der Waals surface area contributed by atoms with Gasteiger partial charge in [0.25, 0.3) is 17.7 Å². The summed E-state index contributed by atoms with van der Waals surface area (Å²) in [6.07, 6.45) is 1.65. The van der Waals surface area contributed by atoms with Gasteiger partial charge >= 0.3 is 0 Å². The smallest absolute Gasteiger partial charge is 0.261 e. The molecule has 0 bridgehead atoms. The fourth-order valence-electron chi connectivity index (χ4n) is 3.47. The lowest BCUT2D eigenvalue weighted by atomic mass is 10.0. The highest BCUT2D eigenvalue weighted by molar-refractivity contribution is 6.22. The lowest BCUT2D eigenvalue weighted by Crippen LogP contribution is -2.48. The lowest BCUT2D eigenvalue weighted by Gasteiger charge is -2.35. The third-order valence-electron chi connectivity index (χ3n) is 4.66. The number of rotatable bonds is 4. The van der Waals surface area contributed by atoms with E-state index in [0.29, 0.717) is 36.3 Å². The van der Waals surface area contributed by atoms with E-state index in [0.717, 1.165) is 12.8 Å². The Hall–Kier alpha value is -2.21. The van der Waals surface area contributed by atoms with E-state index >= 15 is 0 Å². The second-order valence-electron chi connectivity index (χ2n) is 6.84. The van der Waals surface area contributed by atoms with Crippen LogP contribution in [0.5, 0.6) is 0 Å². The van der Waals surface area contributed by atoms with E-state index in [1.54, 1.807) is 23.1 Å². The zero-order valence-electron chi connectivity index (χ0n) is 14.9. The van der Waals surface area contributed by atoms with Crippen LogP contribution in [0.15, 0.2) is 18.2 Å². The Morgan fingerprint density at radius 3 is 2.40 bits per heavy atom. The van der Waals surface area contributed by atoms with E-state index in [1.807, 2.05) is 20.8 Å². The number of hydrogen-bond acceptors (Lipinski definition) is 4. The summed E-state index contributed by atoms with van der Waals surface area (Å²) in [6.45, 7) is 7.36. The SMILES string of the molecule is CCCCN1C(=O)c2ccc(C(=O)N3CC(C)OC(C)C3)cc2C1=O. The fourth-order valence-corrected chi connectivity index (χ4v) is 3.47. The van der Waals surface area contributed by atoms with Gasteiger partial charge in [-0.3, -0.25) is 19.3 Å². The maximum Gasteiger partial charge on any atom is 0.261 e. The number of unbranched alkanes of at least 4 members (excludes halogenated alkanes) is 1. The zero-order chi connectivity index (χ0) is 18.1. The van der Waals surface area contributed by atoms with E-state index in [1.165, 1.54) is 4.90 Å². The summed E-state index contributed by atoms with van der Waals surface area (Å²) < 4.78 is 5.66. The van der Waals surface area contributed by atoms with E-state index in [2.05, 4.69) is 0 Å². The molecule has 3 rings (SSSR count). The van der Waals surface area contributed by atoms with Gasteiger partial charge in [-0.1, -0.05) is 13.3 Å². The molecule has 1 aromatic rings. The largest absolute Gasteiger partial charge is 0.372 e. The second kappa shape index (κ2) is 6.96. The molecule has 25 heavy (non-hydrogen) atoms. The summed E-state index contributed by atoms with van der Waals surface area (Å²) in [5.74, 6) is -0.690. The van der Waals surface area contributed by atoms with Gasteiger partial charge in [0.1, 0.15) is 0 Å². The highest BCUT2D eigenvalue weighted by Crippen LogP contribution is 2.25. The second-order valence-corrected chi connectivity index (χ2v) is 6.84. The number of ether oxygens (including phenoxy) is 1. The number of nitrogens with zero attached hydrogens (tertiary/aromatic N) is 2. The van der Waals surface area contributed by atoms with Gasteiger partial charge in [-0.05, 0) is 38.5 Å². The summed E-state index contributed by atoms with van der Waals surface area (Å²) in [4.78, 5) is 40.7. The molecule has 0 radical (unpaired) electrons. The van der Waals surface area contributed by atoms with E-state index in [4.69, 9.17) is 4.74 Å². The first-order valence-corrected chi connectivity index (χ1v) is 8.87. The molecule has 0 spiro atoms. The van der Waals surface area contributed by atoms with Crippen molar-refractivity contribution < 1.29 is 19.1 Å². The molecule has 1 fully saturated rings. The topological polar surface area (TPSA) is 66.9 Å². The van der Waals surface area contributed by atoms with Crippen molar-refractivity contribution in [1.82, 2.24) is 9.80 Å². The van der Waals surface area contributed by atoms with Crippen LogP contribution in [0.1, 0.15) is 64.7 Å².